The molecule has 0 fully saturated rings. The Kier molecular flexibility index (Phi) is 6.31. The molecule has 0 aliphatic rings. The Morgan fingerprint density at radius 2 is 2.17 bits per heavy atom. The van der Waals surface area contributed by atoms with Crippen LogP contribution in [0.5, 0.6) is 5.88 Å². The van der Waals surface area contributed by atoms with Gasteiger partial charge < -0.3 is 9.26 Å². The number of hydrogen-bond donors (Lipinski definition) is 1. The van der Waals surface area contributed by atoms with Crippen LogP contribution in [0.15, 0.2) is 22.9 Å². The molecular formula is C17H24N4O3. The largest absolute Gasteiger partial charge is 0.473 e. The van der Waals surface area contributed by atoms with Crippen LogP contribution >= 0.6 is 0 Å². The van der Waals surface area contributed by atoms with Crippen LogP contribution in [0.4, 0.5) is 0 Å². The summed E-state index contributed by atoms with van der Waals surface area (Å²) in [5.41, 5.74) is 5.05. The fourth-order valence-corrected chi connectivity index (χ4v) is 2.18. The van der Waals surface area contributed by atoms with E-state index in [1.54, 1.807) is 31.2 Å². The summed E-state index contributed by atoms with van der Waals surface area (Å²) in [5, 5.41) is 5.68. The lowest BCUT2D eigenvalue weighted by Gasteiger charge is -2.11. The molecule has 0 aliphatic carbocycles. The van der Waals surface area contributed by atoms with Gasteiger partial charge in [0.25, 0.3) is 5.91 Å². The first kappa shape index (κ1) is 17.9. The van der Waals surface area contributed by atoms with E-state index in [-0.39, 0.29) is 5.91 Å². The number of rotatable bonds is 8. The third kappa shape index (κ3) is 4.79. The number of nitrogens with zero attached hydrogens (tertiary/aromatic N) is 3. The van der Waals surface area contributed by atoms with E-state index >= 15 is 0 Å². The number of hydrazine groups is 1. The zero-order valence-corrected chi connectivity index (χ0v) is 14.6. The fraction of sp³-hybridized carbons (Fsp3) is 0.471. The summed E-state index contributed by atoms with van der Waals surface area (Å²) in [6.45, 7) is 4.37. The van der Waals surface area contributed by atoms with Gasteiger partial charge in [-0.2, -0.15) is 0 Å². The first-order valence-electron chi connectivity index (χ1n) is 8.02. The summed E-state index contributed by atoms with van der Waals surface area (Å²) in [4.78, 5) is 16.0. The standard InChI is InChI=1S/C17H24N4O3/c1-5-6-7-15-14(12(2)24-20-15)11-23-16-9-8-13(10-18-16)17(22)19-21(3)4/h8-10H,5-7,11H2,1-4H3,(H,19,22). The number of carbonyl (C=O) groups is 1. The van der Waals surface area contributed by atoms with Crippen LogP contribution in [0.1, 0.15) is 47.1 Å². The van der Waals surface area contributed by atoms with E-state index in [4.69, 9.17) is 9.26 Å². The fourth-order valence-electron chi connectivity index (χ4n) is 2.18. The number of aromatic nitrogens is 2. The normalized spacial score (nSPS) is 10.9. The quantitative estimate of drug-likeness (QED) is 0.748. The van der Waals surface area contributed by atoms with Crippen LogP contribution in [-0.4, -0.2) is 35.2 Å². The molecule has 24 heavy (non-hydrogen) atoms. The summed E-state index contributed by atoms with van der Waals surface area (Å²) in [6.07, 6.45) is 4.54. The Hall–Kier alpha value is -2.41. The van der Waals surface area contributed by atoms with E-state index in [9.17, 15) is 4.79 Å². The van der Waals surface area contributed by atoms with Crippen LogP contribution in [0.2, 0.25) is 0 Å². The molecule has 0 aliphatic heterocycles. The maximum absolute atomic E-state index is 11.8. The first-order chi connectivity index (χ1) is 11.5. The van der Waals surface area contributed by atoms with Gasteiger partial charge in [0.05, 0.1) is 16.8 Å². The topological polar surface area (TPSA) is 80.5 Å². The maximum Gasteiger partial charge on any atom is 0.267 e. The van der Waals surface area contributed by atoms with Crippen molar-refractivity contribution in [3.05, 3.63) is 40.9 Å². The lowest BCUT2D eigenvalue weighted by Crippen LogP contribution is -2.36. The van der Waals surface area contributed by atoms with Crippen molar-refractivity contribution in [3.8, 4) is 5.88 Å². The van der Waals surface area contributed by atoms with Crippen molar-refractivity contribution in [2.75, 3.05) is 14.1 Å². The molecule has 130 valence electrons. The minimum absolute atomic E-state index is 0.212. The number of amides is 1. The van der Waals surface area contributed by atoms with Crippen LogP contribution < -0.4 is 10.2 Å². The number of hydrogen-bond acceptors (Lipinski definition) is 6. The minimum atomic E-state index is -0.212. The zero-order valence-electron chi connectivity index (χ0n) is 14.6. The smallest absolute Gasteiger partial charge is 0.267 e. The molecule has 7 nitrogen and oxygen atoms in total. The maximum atomic E-state index is 11.8. The van der Waals surface area contributed by atoms with Gasteiger partial charge in [-0.15, -0.1) is 0 Å². The summed E-state index contributed by atoms with van der Waals surface area (Å²) in [7, 11) is 3.50. The summed E-state index contributed by atoms with van der Waals surface area (Å²) in [5.74, 6) is 1.01. The number of pyridine rings is 1. The number of unbranched alkanes of at least 4 members (excludes halogenated alkanes) is 1. The van der Waals surface area contributed by atoms with E-state index in [0.29, 0.717) is 18.1 Å². The van der Waals surface area contributed by atoms with Crippen molar-refractivity contribution in [1.82, 2.24) is 20.6 Å². The van der Waals surface area contributed by atoms with Gasteiger partial charge in [-0.25, -0.2) is 9.99 Å². The number of ether oxygens (including phenoxy) is 1. The van der Waals surface area contributed by atoms with Gasteiger partial charge in [-0.1, -0.05) is 18.5 Å². The van der Waals surface area contributed by atoms with E-state index in [0.717, 1.165) is 36.3 Å². The summed E-state index contributed by atoms with van der Waals surface area (Å²) < 4.78 is 11.0. The highest BCUT2D eigenvalue weighted by atomic mass is 16.5. The second-order valence-electron chi connectivity index (χ2n) is 5.78. The Bertz CT molecular complexity index is 665. The number of aryl methyl sites for hydroxylation is 2. The summed E-state index contributed by atoms with van der Waals surface area (Å²) >= 11 is 0. The molecule has 1 amide bonds. The Balaban J connectivity index is 1.98. The predicted molar refractivity (Wildman–Crippen MR) is 89.6 cm³/mol. The molecule has 0 radical (unpaired) electrons. The minimum Gasteiger partial charge on any atom is -0.473 e. The molecular weight excluding hydrogens is 308 g/mol. The molecule has 0 atom stereocenters. The molecule has 0 saturated carbocycles. The highest BCUT2D eigenvalue weighted by Crippen LogP contribution is 2.18. The average Bonchev–Trinajstić information content (AvgIpc) is 2.90. The molecule has 2 heterocycles. The molecule has 0 bridgehead atoms. The van der Waals surface area contributed by atoms with E-state index in [1.807, 2.05) is 6.92 Å². The second-order valence-corrected chi connectivity index (χ2v) is 5.78. The van der Waals surface area contributed by atoms with Gasteiger partial charge in [0.15, 0.2) is 0 Å². The van der Waals surface area contributed by atoms with Crippen molar-refractivity contribution < 1.29 is 14.1 Å². The van der Waals surface area contributed by atoms with Crippen molar-refractivity contribution in [3.63, 3.8) is 0 Å². The molecule has 0 saturated heterocycles. The van der Waals surface area contributed by atoms with Crippen molar-refractivity contribution in [1.29, 1.82) is 0 Å². The molecule has 0 aromatic carbocycles. The summed E-state index contributed by atoms with van der Waals surface area (Å²) in [6, 6.07) is 3.36. The van der Waals surface area contributed by atoms with Gasteiger partial charge in [-0.3, -0.25) is 10.2 Å². The van der Waals surface area contributed by atoms with E-state index in [1.165, 1.54) is 6.20 Å². The van der Waals surface area contributed by atoms with Gasteiger partial charge >= 0.3 is 0 Å². The Labute approximate surface area is 142 Å². The third-order valence-electron chi connectivity index (χ3n) is 3.52. The Morgan fingerprint density at radius 1 is 1.38 bits per heavy atom. The number of nitrogens with one attached hydrogen (secondary N) is 1. The van der Waals surface area contributed by atoms with Crippen LogP contribution in [0, 0.1) is 6.92 Å². The molecule has 7 heteroatoms. The SMILES string of the molecule is CCCCc1noc(C)c1COc1ccc(C(=O)NN(C)C)cn1. The molecule has 2 aromatic rings. The van der Waals surface area contributed by atoms with Crippen molar-refractivity contribution in [2.45, 2.75) is 39.7 Å². The highest BCUT2D eigenvalue weighted by Gasteiger charge is 2.14. The molecule has 1 N–H and O–H groups in total. The van der Waals surface area contributed by atoms with Crippen LogP contribution in [-0.2, 0) is 13.0 Å². The Morgan fingerprint density at radius 3 is 2.79 bits per heavy atom. The predicted octanol–water partition coefficient (Wildman–Crippen LogP) is 2.51. The number of carbonyl (C=O) groups excluding carboxylic acids is 1. The zero-order chi connectivity index (χ0) is 17.5. The van der Waals surface area contributed by atoms with Gasteiger partial charge in [0, 0.05) is 26.4 Å². The molecule has 0 unspecified atom stereocenters. The van der Waals surface area contributed by atoms with Crippen molar-refractivity contribution >= 4 is 5.91 Å². The highest BCUT2D eigenvalue weighted by molar-refractivity contribution is 5.93. The van der Waals surface area contributed by atoms with E-state index in [2.05, 4.69) is 22.5 Å². The third-order valence-corrected chi connectivity index (χ3v) is 3.52. The van der Waals surface area contributed by atoms with Crippen molar-refractivity contribution in [2.24, 2.45) is 0 Å². The van der Waals surface area contributed by atoms with Crippen LogP contribution in [0.3, 0.4) is 0 Å². The first-order valence-corrected chi connectivity index (χ1v) is 8.02. The lowest BCUT2D eigenvalue weighted by molar-refractivity contribution is 0.0856. The van der Waals surface area contributed by atoms with Gasteiger partial charge in [0.1, 0.15) is 12.4 Å². The second kappa shape index (κ2) is 8.44. The molecule has 0 spiro atoms. The van der Waals surface area contributed by atoms with E-state index < -0.39 is 0 Å². The monoisotopic (exact) mass is 332 g/mol. The molecule has 2 aromatic heterocycles. The lowest BCUT2D eigenvalue weighted by atomic mass is 10.1. The van der Waals surface area contributed by atoms with Crippen LogP contribution in [0.25, 0.3) is 0 Å². The van der Waals surface area contributed by atoms with Gasteiger partial charge in [0.2, 0.25) is 5.88 Å². The molecule has 2 rings (SSSR count). The average molecular weight is 332 g/mol. The van der Waals surface area contributed by atoms with Gasteiger partial charge in [-0.05, 0) is 25.8 Å².